The second-order valence-corrected chi connectivity index (χ2v) is 4.77. The van der Waals surface area contributed by atoms with E-state index >= 15 is 0 Å². The average Bonchev–Trinajstić information content (AvgIpc) is 2.25. The number of aliphatic hydroxyl groups excluding tert-OH is 1. The molecule has 0 saturated heterocycles. The van der Waals surface area contributed by atoms with Gasteiger partial charge in [-0.3, -0.25) is 0 Å². The molecule has 0 heterocycles. The first-order chi connectivity index (χ1) is 8.93. The van der Waals surface area contributed by atoms with Crippen LogP contribution in [-0.2, 0) is 6.18 Å². The Morgan fingerprint density at radius 1 is 1.32 bits per heavy atom. The molecule has 0 unspecified atom stereocenters. The van der Waals surface area contributed by atoms with Gasteiger partial charge in [0.05, 0.1) is 12.2 Å². The number of halogens is 3. The smallest absolute Gasteiger partial charge is 0.398 e. The van der Waals surface area contributed by atoms with Crippen LogP contribution < -0.4 is 10.6 Å². The highest BCUT2D eigenvalue weighted by atomic mass is 19.4. The molecule has 1 fully saturated rings. The summed E-state index contributed by atoms with van der Waals surface area (Å²) in [5.41, 5.74) is 4.77. The van der Waals surface area contributed by atoms with E-state index in [1.165, 1.54) is 6.07 Å². The second-order valence-electron chi connectivity index (χ2n) is 4.77. The molecule has 0 aromatic heterocycles. The molecule has 1 aromatic carbocycles. The number of alkyl halides is 3. The number of aliphatic hydroxyl groups is 1. The van der Waals surface area contributed by atoms with Crippen LogP contribution in [-0.4, -0.2) is 24.3 Å². The minimum Gasteiger partial charge on any atom is -0.398 e. The molecule has 2 rings (SSSR count). The number of hydrogen-bond donors (Lipinski definition) is 2. The molecule has 0 spiro atoms. The summed E-state index contributed by atoms with van der Waals surface area (Å²) in [6.45, 7) is 0.258. The van der Waals surface area contributed by atoms with Gasteiger partial charge < -0.3 is 15.7 Å². The van der Waals surface area contributed by atoms with Crippen LogP contribution in [0, 0.1) is 0 Å². The number of benzene rings is 1. The molecule has 6 heteroatoms. The molecule has 19 heavy (non-hydrogen) atoms. The van der Waals surface area contributed by atoms with Gasteiger partial charge >= 0.3 is 6.18 Å². The maximum atomic E-state index is 12.8. The first kappa shape index (κ1) is 14.0. The minimum atomic E-state index is -4.45. The zero-order chi connectivity index (χ0) is 14.0. The molecule has 0 aliphatic heterocycles. The molecule has 106 valence electrons. The quantitative estimate of drug-likeness (QED) is 0.830. The van der Waals surface area contributed by atoms with Crippen molar-refractivity contribution in [1.29, 1.82) is 0 Å². The fourth-order valence-corrected chi connectivity index (χ4v) is 2.30. The lowest BCUT2D eigenvalue weighted by atomic mass is 9.91. The number of nitrogen functional groups attached to an aromatic ring is 1. The molecule has 0 atom stereocenters. The third kappa shape index (κ3) is 2.94. The first-order valence-corrected chi connectivity index (χ1v) is 6.27. The lowest BCUT2D eigenvalue weighted by Gasteiger charge is -2.39. The van der Waals surface area contributed by atoms with Crippen molar-refractivity contribution in [2.45, 2.75) is 31.5 Å². The SMILES string of the molecule is Nc1ccc(N(CCO)C2CCC2)cc1C(F)(F)F. The normalized spacial score (nSPS) is 16.2. The van der Waals surface area contributed by atoms with Gasteiger partial charge in [0.25, 0.3) is 0 Å². The zero-order valence-corrected chi connectivity index (χ0v) is 10.5. The third-order valence-electron chi connectivity index (χ3n) is 3.53. The van der Waals surface area contributed by atoms with Crippen molar-refractivity contribution in [3.63, 3.8) is 0 Å². The van der Waals surface area contributed by atoms with E-state index in [-0.39, 0.29) is 18.3 Å². The molecule has 3 nitrogen and oxygen atoms in total. The molecule has 0 bridgehead atoms. The Balaban J connectivity index is 2.32. The van der Waals surface area contributed by atoms with E-state index in [9.17, 15) is 13.2 Å². The van der Waals surface area contributed by atoms with Gasteiger partial charge in [0.1, 0.15) is 0 Å². The summed E-state index contributed by atoms with van der Waals surface area (Å²) < 4.78 is 38.5. The summed E-state index contributed by atoms with van der Waals surface area (Å²) in [5, 5.41) is 9.06. The van der Waals surface area contributed by atoms with Crippen LogP contribution in [0.15, 0.2) is 18.2 Å². The second kappa shape index (κ2) is 5.28. The molecule has 0 radical (unpaired) electrons. The average molecular weight is 274 g/mol. The van der Waals surface area contributed by atoms with Crippen molar-refractivity contribution >= 4 is 11.4 Å². The lowest BCUT2D eigenvalue weighted by molar-refractivity contribution is -0.136. The van der Waals surface area contributed by atoms with Crippen molar-refractivity contribution in [3.05, 3.63) is 23.8 Å². The minimum absolute atomic E-state index is 0.0811. The van der Waals surface area contributed by atoms with Crippen molar-refractivity contribution in [2.24, 2.45) is 0 Å². The Kier molecular flexibility index (Phi) is 3.89. The van der Waals surface area contributed by atoms with Gasteiger partial charge in [-0.15, -0.1) is 0 Å². The molecule has 1 aromatic rings. The molecule has 3 N–H and O–H groups in total. The summed E-state index contributed by atoms with van der Waals surface area (Å²) in [6.07, 6.45) is -1.48. The Labute approximate surface area is 109 Å². The van der Waals surface area contributed by atoms with Crippen LogP contribution in [0.5, 0.6) is 0 Å². The molecular weight excluding hydrogens is 257 g/mol. The number of rotatable bonds is 4. The zero-order valence-electron chi connectivity index (χ0n) is 10.5. The Bertz CT molecular complexity index is 444. The van der Waals surface area contributed by atoms with Crippen molar-refractivity contribution in [2.75, 3.05) is 23.8 Å². The van der Waals surface area contributed by atoms with E-state index < -0.39 is 11.7 Å². The highest BCUT2D eigenvalue weighted by Gasteiger charge is 2.34. The summed E-state index contributed by atoms with van der Waals surface area (Å²) in [5.74, 6) is 0. The predicted molar refractivity (Wildman–Crippen MR) is 67.9 cm³/mol. The molecule has 1 aliphatic rings. The summed E-state index contributed by atoms with van der Waals surface area (Å²) in [4.78, 5) is 1.83. The molecule has 1 aliphatic carbocycles. The monoisotopic (exact) mass is 274 g/mol. The van der Waals surface area contributed by atoms with Gasteiger partial charge in [-0.2, -0.15) is 13.2 Å². The van der Waals surface area contributed by atoms with E-state index in [0.717, 1.165) is 25.3 Å². The fraction of sp³-hybridized carbons (Fsp3) is 0.538. The lowest BCUT2D eigenvalue weighted by Crippen LogP contribution is -2.42. The topological polar surface area (TPSA) is 49.5 Å². The van der Waals surface area contributed by atoms with Gasteiger partial charge in [-0.05, 0) is 37.5 Å². The van der Waals surface area contributed by atoms with Crippen LogP contribution in [0.25, 0.3) is 0 Å². The van der Waals surface area contributed by atoms with Gasteiger partial charge in [0, 0.05) is 24.0 Å². The maximum absolute atomic E-state index is 12.8. The summed E-state index contributed by atoms with van der Waals surface area (Å²) in [6, 6.07) is 4.15. The van der Waals surface area contributed by atoms with E-state index in [4.69, 9.17) is 10.8 Å². The summed E-state index contributed by atoms with van der Waals surface area (Å²) >= 11 is 0. The highest BCUT2D eigenvalue weighted by molar-refractivity contribution is 5.60. The van der Waals surface area contributed by atoms with E-state index in [1.807, 2.05) is 4.90 Å². The largest absolute Gasteiger partial charge is 0.418 e. The van der Waals surface area contributed by atoms with Gasteiger partial charge in [0.2, 0.25) is 0 Å². The first-order valence-electron chi connectivity index (χ1n) is 6.27. The Morgan fingerprint density at radius 3 is 2.47 bits per heavy atom. The standard InChI is InChI=1S/C13H17F3N2O/c14-13(15,16)11-8-10(4-5-12(11)17)18(6-7-19)9-2-1-3-9/h4-5,8-9,19H,1-3,6-7,17H2. The van der Waals surface area contributed by atoms with E-state index in [1.54, 1.807) is 6.07 Å². The van der Waals surface area contributed by atoms with Gasteiger partial charge in [0.15, 0.2) is 0 Å². The third-order valence-corrected chi connectivity index (χ3v) is 3.53. The van der Waals surface area contributed by atoms with Crippen LogP contribution >= 0.6 is 0 Å². The predicted octanol–water partition coefficient (Wildman–Crippen LogP) is 2.64. The van der Waals surface area contributed by atoms with Crippen LogP contribution in [0.1, 0.15) is 24.8 Å². The molecule has 1 saturated carbocycles. The van der Waals surface area contributed by atoms with Crippen molar-refractivity contribution in [3.8, 4) is 0 Å². The van der Waals surface area contributed by atoms with Crippen LogP contribution in [0.4, 0.5) is 24.5 Å². The van der Waals surface area contributed by atoms with E-state index in [0.29, 0.717) is 12.2 Å². The van der Waals surface area contributed by atoms with Gasteiger partial charge in [-0.1, -0.05) is 0 Å². The summed E-state index contributed by atoms with van der Waals surface area (Å²) in [7, 11) is 0. The number of anilines is 2. The van der Waals surface area contributed by atoms with Gasteiger partial charge in [-0.25, -0.2) is 0 Å². The Morgan fingerprint density at radius 2 is 2.00 bits per heavy atom. The fourth-order valence-electron chi connectivity index (χ4n) is 2.30. The molecule has 0 amide bonds. The Hall–Kier alpha value is -1.43. The number of hydrogen-bond acceptors (Lipinski definition) is 3. The van der Waals surface area contributed by atoms with Crippen molar-refractivity contribution < 1.29 is 18.3 Å². The highest BCUT2D eigenvalue weighted by Crippen LogP contribution is 2.37. The van der Waals surface area contributed by atoms with Crippen LogP contribution in [0.3, 0.4) is 0 Å². The molecular formula is C13H17F3N2O. The van der Waals surface area contributed by atoms with Crippen molar-refractivity contribution in [1.82, 2.24) is 0 Å². The van der Waals surface area contributed by atoms with E-state index in [2.05, 4.69) is 0 Å². The number of nitrogens with zero attached hydrogens (tertiary/aromatic N) is 1. The van der Waals surface area contributed by atoms with Crippen LogP contribution in [0.2, 0.25) is 0 Å². The number of nitrogens with two attached hydrogens (primary N) is 1. The maximum Gasteiger partial charge on any atom is 0.418 e.